The molecule has 114 valence electrons. The van der Waals surface area contributed by atoms with Gasteiger partial charge in [-0.2, -0.15) is 0 Å². The molecule has 5 heteroatoms. The minimum Gasteiger partial charge on any atom is -0.342 e. The molecule has 2 aliphatic heterocycles. The molecule has 2 saturated heterocycles. The molecule has 0 aromatic carbocycles. The molecule has 0 aromatic heterocycles. The van der Waals surface area contributed by atoms with Gasteiger partial charge in [0.05, 0.1) is 11.5 Å². The molecule has 1 saturated carbocycles. The third-order valence-electron chi connectivity index (χ3n) is 5.73. The van der Waals surface area contributed by atoms with Gasteiger partial charge in [0.1, 0.15) is 0 Å². The summed E-state index contributed by atoms with van der Waals surface area (Å²) in [5.41, 5.74) is -0.284. The maximum atomic E-state index is 12.8. The van der Waals surface area contributed by atoms with Gasteiger partial charge < -0.3 is 4.90 Å². The molecule has 2 heterocycles. The summed E-state index contributed by atoms with van der Waals surface area (Å²) in [5, 5.41) is 0. The number of hydrogen-bond acceptors (Lipinski definition) is 3. The summed E-state index contributed by atoms with van der Waals surface area (Å²) >= 11 is 0. The van der Waals surface area contributed by atoms with Gasteiger partial charge in [-0.05, 0) is 30.6 Å². The Hall–Kier alpha value is -0.580. The molecule has 0 N–H and O–H groups in total. The average molecular weight is 299 g/mol. The van der Waals surface area contributed by atoms with Gasteiger partial charge in [0.2, 0.25) is 5.91 Å². The molecule has 0 radical (unpaired) electrons. The Morgan fingerprint density at radius 1 is 1.05 bits per heavy atom. The number of carbonyl (C=O) groups excluding carboxylic acids is 1. The van der Waals surface area contributed by atoms with Crippen LogP contribution in [-0.2, 0) is 14.6 Å². The van der Waals surface area contributed by atoms with Crippen molar-refractivity contribution in [3.05, 3.63) is 0 Å². The lowest BCUT2D eigenvalue weighted by Crippen LogP contribution is -2.44. The average Bonchev–Trinajstić information content (AvgIpc) is 3.00. The van der Waals surface area contributed by atoms with Crippen molar-refractivity contribution in [3.8, 4) is 0 Å². The zero-order chi connectivity index (χ0) is 14.5. The van der Waals surface area contributed by atoms with E-state index in [2.05, 4.69) is 13.8 Å². The van der Waals surface area contributed by atoms with Crippen LogP contribution in [0.2, 0.25) is 0 Å². The molecular formula is C15H25NO3S. The van der Waals surface area contributed by atoms with Crippen molar-refractivity contribution in [2.24, 2.45) is 23.2 Å². The van der Waals surface area contributed by atoms with E-state index >= 15 is 0 Å². The Kier molecular flexibility index (Phi) is 3.39. The summed E-state index contributed by atoms with van der Waals surface area (Å²) < 4.78 is 23.2. The molecule has 20 heavy (non-hydrogen) atoms. The third-order valence-corrected chi connectivity index (χ3v) is 7.60. The second-order valence-electron chi connectivity index (χ2n) is 7.51. The van der Waals surface area contributed by atoms with Gasteiger partial charge in [-0.1, -0.05) is 26.7 Å². The summed E-state index contributed by atoms with van der Waals surface area (Å²) in [6.07, 6.45) is 4.80. The highest BCUT2D eigenvalue weighted by Gasteiger charge is 2.48. The predicted octanol–water partition coefficient (Wildman–Crippen LogP) is 1.71. The largest absolute Gasteiger partial charge is 0.342 e. The summed E-state index contributed by atoms with van der Waals surface area (Å²) in [7, 11) is -2.84. The van der Waals surface area contributed by atoms with E-state index in [9.17, 15) is 13.2 Å². The van der Waals surface area contributed by atoms with Gasteiger partial charge >= 0.3 is 0 Å². The first kappa shape index (κ1) is 14.4. The normalized spacial score (nSPS) is 33.6. The summed E-state index contributed by atoms with van der Waals surface area (Å²) in [4.78, 5) is 14.8. The monoisotopic (exact) mass is 299 g/mol. The fourth-order valence-electron chi connectivity index (χ4n) is 4.43. The molecule has 1 aliphatic carbocycles. The standard InChI is InChI=1S/C15H25NO3S/c1-15(2,13-5-3-4-6-13)14(17)16-7-11-9-20(18,19)10-12(11)8-16/h11-13H,3-10H2,1-2H3/t11-,12+. The first-order chi connectivity index (χ1) is 9.29. The van der Waals surface area contributed by atoms with Gasteiger partial charge in [0.25, 0.3) is 0 Å². The molecule has 0 bridgehead atoms. The lowest BCUT2D eigenvalue weighted by atomic mass is 9.76. The molecule has 3 rings (SSSR count). The van der Waals surface area contributed by atoms with E-state index in [-0.39, 0.29) is 34.7 Å². The van der Waals surface area contributed by atoms with Crippen molar-refractivity contribution in [1.82, 2.24) is 4.90 Å². The van der Waals surface area contributed by atoms with Crippen LogP contribution in [0, 0.1) is 23.2 Å². The Balaban J connectivity index is 1.68. The van der Waals surface area contributed by atoms with Crippen molar-refractivity contribution >= 4 is 15.7 Å². The number of fused-ring (bicyclic) bond motifs is 1. The summed E-state index contributed by atoms with van der Waals surface area (Å²) in [5.74, 6) is 1.68. The van der Waals surface area contributed by atoms with Crippen molar-refractivity contribution in [3.63, 3.8) is 0 Å². The van der Waals surface area contributed by atoms with Gasteiger partial charge in [-0.3, -0.25) is 4.79 Å². The molecule has 0 spiro atoms. The van der Waals surface area contributed by atoms with Crippen molar-refractivity contribution < 1.29 is 13.2 Å². The number of likely N-dealkylation sites (tertiary alicyclic amines) is 1. The Morgan fingerprint density at radius 3 is 2.05 bits per heavy atom. The first-order valence-electron chi connectivity index (χ1n) is 7.79. The SMILES string of the molecule is CC(C)(C(=O)N1C[C@@H]2CS(=O)(=O)C[C@@H]2C1)C1CCCC1. The van der Waals surface area contributed by atoms with E-state index in [4.69, 9.17) is 0 Å². The number of amides is 1. The number of nitrogens with zero attached hydrogens (tertiary/aromatic N) is 1. The van der Waals surface area contributed by atoms with Crippen LogP contribution >= 0.6 is 0 Å². The Morgan fingerprint density at radius 2 is 1.55 bits per heavy atom. The second kappa shape index (κ2) is 4.72. The van der Waals surface area contributed by atoms with E-state index in [1.165, 1.54) is 12.8 Å². The van der Waals surface area contributed by atoms with Gasteiger partial charge in [-0.15, -0.1) is 0 Å². The van der Waals surface area contributed by atoms with E-state index in [0.29, 0.717) is 19.0 Å². The van der Waals surface area contributed by atoms with E-state index in [1.54, 1.807) is 0 Å². The van der Waals surface area contributed by atoms with Gasteiger partial charge in [0.15, 0.2) is 9.84 Å². The number of rotatable bonds is 2. The Bertz CT molecular complexity index is 485. The van der Waals surface area contributed by atoms with Gasteiger partial charge in [-0.25, -0.2) is 8.42 Å². The third kappa shape index (κ3) is 2.38. The topological polar surface area (TPSA) is 54.5 Å². The first-order valence-corrected chi connectivity index (χ1v) is 9.61. The summed E-state index contributed by atoms with van der Waals surface area (Å²) in [6.45, 7) is 5.46. The van der Waals surface area contributed by atoms with E-state index in [1.807, 2.05) is 4.90 Å². The highest BCUT2D eigenvalue weighted by molar-refractivity contribution is 7.91. The van der Waals surface area contributed by atoms with Crippen LogP contribution in [0.3, 0.4) is 0 Å². The zero-order valence-electron chi connectivity index (χ0n) is 12.5. The molecule has 1 amide bonds. The molecule has 4 nitrogen and oxygen atoms in total. The van der Waals surface area contributed by atoms with Crippen LogP contribution in [0.5, 0.6) is 0 Å². The lowest BCUT2D eigenvalue weighted by Gasteiger charge is -2.34. The van der Waals surface area contributed by atoms with Crippen molar-refractivity contribution in [2.75, 3.05) is 24.6 Å². The molecule has 2 atom stereocenters. The van der Waals surface area contributed by atoms with Crippen molar-refractivity contribution in [1.29, 1.82) is 0 Å². The fraction of sp³-hybridized carbons (Fsp3) is 0.933. The van der Waals surface area contributed by atoms with Crippen LogP contribution in [0.4, 0.5) is 0 Å². The molecule has 0 unspecified atom stereocenters. The highest BCUT2D eigenvalue weighted by Crippen LogP contribution is 2.42. The van der Waals surface area contributed by atoms with E-state index < -0.39 is 9.84 Å². The maximum Gasteiger partial charge on any atom is 0.228 e. The second-order valence-corrected chi connectivity index (χ2v) is 9.66. The highest BCUT2D eigenvalue weighted by atomic mass is 32.2. The number of carbonyl (C=O) groups is 1. The smallest absolute Gasteiger partial charge is 0.228 e. The fourth-order valence-corrected chi connectivity index (χ4v) is 6.63. The molecule has 3 aliphatic rings. The number of hydrogen-bond donors (Lipinski definition) is 0. The maximum absolute atomic E-state index is 12.8. The molecular weight excluding hydrogens is 274 g/mol. The molecule has 3 fully saturated rings. The van der Waals surface area contributed by atoms with Crippen LogP contribution in [-0.4, -0.2) is 43.8 Å². The van der Waals surface area contributed by atoms with Crippen LogP contribution in [0.1, 0.15) is 39.5 Å². The van der Waals surface area contributed by atoms with Crippen LogP contribution < -0.4 is 0 Å². The number of sulfone groups is 1. The summed E-state index contributed by atoms with van der Waals surface area (Å²) in [6, 6.07) is 0. The zero-order valence-corrected chi connectivity index (χ0v) is 13.3. The predicted molar refractivity (Wildman–Crippen MR) is 78.0 cm³/mol. The Labute approximate surface area is 121 Å². The minimum atomic E-state index is -2.84. The molecule has 0 aromatic rings. The van der Waals surface area contributed by atoms with Crippen molar-refractivity contribution in [2.45, 2.75) is 39.5 Å². The van der Waals surface area contributed by atoms with Crippen LogP contribution in [0.15, 0.2) is 0 Å². The lowest BCUT2D eigenvalue weighted by molar-refractivity contribution is -0.142. The van der Waals surface area contributed by atoms with Gasteiger partial charge in [0, 0.05) is 18.5 Å². The van der Waals surface area contributed by atoms with Crippen LogP contribution in [0.25, 0.3) is 0 Å². The quantitative estimate of drug-likeness (QED) is 0.780. The minimum absolute atomic E-state index is 0.184. The van der Waals surface area contributed by atoms with E-state index in [0.717, 1.165) is 12.8 Å².